The van der Waals surface area contributed by atoms with Gasteiger partial charge < -0.3 is 24.8 Å². The maximum Gasteiger partial charge on any atom is 0.219 e. The van der Waals surface area contributed by atoms with Crippen molar-refractivity contribution in [2.45, 2.75) is 39.8 Å². The van der Waals surface area contributed by atoms with Crippen molar-refractivity contribution in [3.8, 4) is 23.1 Å². The summed E-state index contributed by atoms with van der Waals surface area (Å²) in [7, 11) is 3.17. The largest absolute Gasteiger partial charge is 0.493 e. The van der Waals surface area contributed by atoms with E-state index in [1.807, 2.05) is 31.2 Å². The van der Waals surface area contributed by atoms with Gasteiger partial charge in [0.1, 0.15) is 0 Å². The van der Waals surface area contributed by atoms with Gasteiger partial charge in [0, 0.05) is 24.3 Å². The van der Waals surface area contributed by atoms with Crippen molar-refractivity contribution < 1.29 is 14.2 Å². The minimum Gasteiger partial charge on any atom is -0.493 e. The minimum absolute atomic E-state index is 0. The van der Waals surface area contributed by atoms with Crippen molar-refractivity contribution in [2.24, 2.45) is 4.99 Å². The number of guanidine groups is 1. The molecule has 0 spiro atoms. The molecule has 0 atom stereocenters. The van der Waals surface area contributed by atoms with Crippen molar-refractivity contribution >= 4 is 29.9 Å². The molecule has 8 heteroatoms. The number of methoxy groups -OCH3 is 2. The predicted octanol–water partition coefficient (Wildman–Crippen LogP) is 4.36. The van der Waals surface area contributed by atoms with Gasteiger partial charge >= 0.3 is 0 Å². The Bertz CT molecular complexity index is 767. The molecule has 0 aliphatic rings. The summed E-state index contributed by atoms with van der Waals surface area (Å²) >= 11 is 0. The van der Waals surface area contributed by atoms with Gasteiger partial charge in [-0.3, -0.25) is 0 Å². The lowest BCUT2D eigenvalue weighted by Crippen LogP contribution is -2.47. The molecule has 7 nitrogen and oxygen atoms in total. The molecular formula is C21H31IN4O3. The molecule has 1 aromatic heterocycles. The molecule has 1 heterocycles. The zero-order valence-electron chi connectivity index (χ0n) is 17.9. The van der Waals surface area contributed by atoms with Crippen molar-refractivity contribution in [2.75, 3.05) is 20.8 Å². The van der Waals surface area contributed by atoms with Gasteiger partial charge in [0.25, 0.3) is 0 Å². The van der Waals surface area contributed by atoms with Gasteiger partial charge in [-0.25, -0.2) is 9.98 Å². The zero-order valence-corrected chi connectivity index (χ0v) is 20.2. The quantitative estimate of drug-likeness (QED) is 0.325. The van der Waals surface area contributed by atoms with Gasteiger partial charge in [0.05, 0.1) is 20.8 Å². The van der Waals surface area contributed by atoms with Crippen LogP contribution in [0.15, 0.2) is 41.5 Å². The van der Waals surface area contributed by atoms with Gasteiger partial charge in [-0.1, -0.05) is 12.1 Å². The minimum atomic E-state index is -0.0647. The second-order valence-electron chi connectivity index (χ2n) is 7.17. The van der Waals surface area contributed by atoms with E-state index in [2.05, 4.69) is 41.4 Å². The first-order valence-corrected chi connectivity index (χ1v) is 9.26. The molecule has 0 saturated carbocycles. The fraction of sp³-hybridized carbons (Fsp3) is 0.429. The van der Waals surface area contributed by atoms with Crippen molar-refractivity contribution in [1.29, 1.82) is 0 Å². The van der Waals surface area contributed by atoms with Gasteiger partial charge in [-0.05, 0) is 45.4 Å². The number of aromatic nitrogens is 1. The van der Waals surface area contributed by atoms with E-state index in [1.54, 1.807) is 26.5 Å². The third-order valence-electron chi connectivity index (χ3n) is 3.64. The number of nitrogens with one attached hydrogen (secondary N) is 2. The summed E-state index contributed by atoms with van der Waals surface area (Å²) < 4.78 is 16.6. The molecule has 2 aromatic rings. The molecule has 0 radical (unpaired) electrons. The second-order valence-corrected chi connectivity index (χ2v) is 7.17. The Labute approximate surface area is 190 Å². The third kappa shape index (κ3) is 7.96. The average Bonchev–Trinajstić information content (AvgIpc) is 2.66. The maximum absolute atomic E-state index is 5.89. The van der Waals surface area contributed by atoms with Crippen LogP contribution < -0.4 is 24.8 Å². The van der Waals surface area contributed by atoms with E-state index in [0.717, 1.165) is 18.1 Å². The number of aliphatic imine (C=N–C) groups is 1. The number of benzene rings is 1. The number of nitrogens with zero attached hydrogens (tertiary/aromatic N) is 2. The van der Waals surface area contributed by atoms with Gasteiger partial charge in [0.2, 0.25) is 11.6 Å². The SMILES string of the molecule is CCNC(=NCc1ccc(Oc2c(OC)cccc2OC)nc1)NC(C)(C)C.I. The number of pyridine rings is 1. The molecule has 0 saturated heterocycles. The summed E-state index contributed by atoms with van der Waals surface area (Å²) in [6.45, 7) is 9.64. The summed E-state index contributed by atoms with van der Waals surface area (Å²) in [4.78, 5) is 8.99. The number of para-hydroxylation sites is 1. The number of halogens is 1. The highest BCUT2D eigenvalue weighted by Gasteiger charge is 2.13. The molecule has 2 rings (SSSR count). The van der Waals surface area contributed by atoms with E-state index >= 15 is 0 Å². The molecule has 160 valence electrons. The summed E-state index contributed by atoms with van der Waals surface area (Å²) in [6.07, 6.45) is 1.75. The van der Waals surface area contributed by atoms with Crippen LogP contribution in [0.3, 0.4) is 0 Å². The lowest BCUT2D eigenvalue weighted by molar-refractivity contribution is 0.342. The highest BCUT2D eigenvalue weighted by molar-refractivity contribution is 14.0. The molecule has 0 aliphatic carbocycles. The number of rotatable bonds is 7. The van der Waals surface area contributed by atoms with Gasteiger partial charge in [-0.2, -0.15) is 0 Å². The first-order valence-electron chi connectivity index (χ1n) is 9.26. The van der Waals surface area contributed by atoms with Crippen molar-refractivity contribution in [3.63, 3.8) is 0 Å². The van der Waals surface area contributed by atoms with Crippen LogP contribution in [0.4, 0.5) is 0 Å². The first kappa shape index (κ1) is 24.8. The van der Waals surface area contributed by atoms with Crippen LogP contribution in [0.1, 0.15) is 33.3 Å². The van der Waals surface area contributed by atoms with Crippen LogP contribution >= 0.6 is 24.0 Å². The van der Waals surface area contributed by atoms with Gasteiger partial charge in [0.15, 0.2) is 17.5 Å². The summed E-state index contributed by atoms with van der Waals surface area (Å²) in [6, 6.07) is 9.21. The Hall–Kier alpha value is -2.23. The molecule has 29 heavy (non-hydrogen) atoms. The summed E-state index contributed by atoms with van der Waals surface area (Å²) in [5.74, 6) is 2.88. The molecule has 2 N–H and O–H groups in total. The van der Waals surface area contributed by atoms with Crippen molar-refractivity contribution in [3.05, 3.63) is 42.1 Å². The second kappa shape index (κ2) is 11.7. The Morgan fingerprint density at radius 1 is 1.07 bits per heavy atom. The van der Waals surface area contributed by atoms with E-state index in [1.165, 1.54) is 0 Å². The first-order chi connectivity index (χ1) is 13.4. The monoisotopic (exact) mass is 514 g/mol. The Balaban J connectivity index is 0.00000420. The lowest BCUT2D eigenvalue weighted by Gasteiger charge is -2.23. The van der Waals surface area contributed by atoms with Crippen LogP contribution in [0.2, 0.25) is 0 Å². The molecule has 0 aliphatic heterocycles. The molecule has 0 amide bonds. The van der Waals surface area contributed by atoms with Crippen LogP contribution in [0.5, 0.6) is 23.1 Å². The van der Waals surface area contributed by atoms with Crippen LogP contribution in [0, 0.1) is 0 Å². The Morgan fingerprint density at radius 3 is 2.21 bits per heavy atom. The van der Waals surface area contributed by atoms with E-state index in [-0.39, 0.29) is 29.5 Å². The zero-order chi connectivity index (χ0) is 20.6. The van der Waals surface area contributed by atoms with E-state index in [0.29, 0.717) is 29.7 Å². The molecular weight excluding hydrogens is 483 g/mol. The fourth-order valence-corrected chi connectivity index (χ4v) is 2.42. The van der Waals surface area contributed by atoms with Crippen LogP contribution in [0.25, 0.3) is 0 Å². The summed E-state index contributed by atoms with van der Waals surface area (Å²) in [5.41, 5.74) is 0.913. The average molecular weight is 514 g/mol. The normalized spacial score (nSPS) is 11.3. The van der Waals surface area contributed by atoms with E-state index in [9.17, 15) is 0 Å². The van der Waals surface area contributed by atoms with Gasteiger partial charge in [-0.15, -0.1) is 24.0 Å². The fourth-order valence-electron chi connectivity index (χ4n) is 2.42. The predicted molar refractivity (Wildman–Crippen MR) is 127 cm³/mol. The number of ether oxygens (including phenoxy) is 3. The summed E-state index contributed by atoms with van der Waals surface area (Å²) in [5, 5.41) is 6.61. The molecule has 0 bridgehead atoms. The topological polar surface area (TPSA) is 77.0 Å². The molecule has 1 aromatic carbocycles. The van der Waals surface area contributed by atoms with E-state index in [4.69, 9.17) is 14.2 Å². The third-order valence-corrected chi connectivity index (χ3v) is 3.64. The molecule has 0 unspecified atom stereocenters. The smallest absolute Gasteiger partial charge is 0.219 e. The standard InChI is InChI=1S/C21H30N4O3.HI/c1-7-22-20(25-21(2,3)4)24-14-15-11-12-18(23-13-15)28-19-16(26-5)9-8-10-17(19)27-6;/h8-13H,7,14H2,1-6H3,(H2,22,24,25);1H. The number of hydrogen-bond acceptors (Lipinski definition) is 5. The van der Waals surface area contributed by atoms with Crippen molar-refractivity contribution in [1.82, 2.24) is 15.6 Å². The Kier molecular flexibility index (Phi) is 10.0. The van der Waals surface area contributed by atoms with Crippen LogP contribution in [-0.2, 0) is 6.54 Å². The lowest BCUT2D eigenvalue weighted by atomic mass is 10.1. The van der Waals surface area contributed by atoms with Crippen LogP contribution in [-0.4, -0.2) is 37.2 Å². The highest BCUT2D eigenvalue weighted by Crippen LogP contribution is 2.39. The highest BCUT2D eigenvalue weighted by atomic mass is 127. The molecule has 0 fully saturated rings. The number of hydrogen-bond donors (Lipinski definition) is 2. The van der Waals surface area contributed by atoms with E-state index < -0.39 is 0 Å². The maximum atomic E-state index is 5.89. The Morgan fingerprint density at radius 2 is 1.72 bits per heavy atom.